The maximum absolute atomic E-state index is 11.6. The number of rotatable bonds is 8. The molecule has 1 aromatic rings. The molecule has 0 aliphatic carbocycles. The molecule has 1 rings (SSSR count). The maximum atomic E-state index is 11.6. The van der Waals surface area contributed by atoms with E-state index in [2.05, 4.69) is 15.7 Å². The Morgan fingerprint density at radius 2 is 2.05 bits per heavy atom. The Kier molecular flexibility index (Phi) is 6.20. The number of carbonyl (C=O) groups excluding carboxylic acids is 1. The molecule has 0 aliphatic rings. The third-order valence-electron chi connectivity index (χ3n) is 3.30. The zero-order valence-corrected chi connectivity index (χ0v) is 12.8. The number of hydrogen-bond donors (Lipinski definition) is 3. The Bertz CT molecular complexity index is 482. The molecule has 0 radical (unpaired) electrons. The van der Waals surface area contributed by atoms with Crippen LogP contribution in [0.4, 0.5) is 4.79 Å². The van der Waals surface area contributed by atoms with Crippen molar-refractivity contribution in [1.29, 1.82) is 0 Å². The van der Waals surface area contributed by atoms with Crippen LogP contribution < -0.4 is 10.6 Å². The van der Waals surface area contributed by atoms with Gasteiger partial charge in [-0.3, -0.25) is 9.48 Å². The highest BCUT2D eigenvalue weighted by atomic mass is 16.4. The van der Waals surface area contributed by atoms with Gasteiger partial charge in [0.25, 0.3) is 0 Å². The third kappa shape index (κ3) is 7.34. The Hall–Kier alpha value is -2.05. The Labute approximate surface area is 124 Å². The molecular formula is C14H24N4O3. The molecule has 0 spiro atoms. The lowest BCUT2D eigenvalue weighted by molar-refractivity contribution is -0.137. The SMILES string of the molecule is Cn1ccc(CNC(=O)NCCC(C)(C)CCC(=O)O)n1. The average Bonchev–Trinajstić information content (AvgIpc) is 2.80. The second-order valence-corrected chi connectivity index (χ2v) is 5.90. The fraction of sp³-hybridized carbons (Fsp3) is 0.643. The second-order valence-electron chi connectivity index (χ2n) is 5.90. The number of urea groups is 1. The molecule has 0 atom stereocenters. The number of amides is 2. The number of nitrogens with one attached hydrogen (secondary N) is 2. The van der Waals surface area contributed by atoms with E-state index in [4.69, 9.17) is 5.11 Å². The fourth-order valence-electron chi connectivity index (χ4n) is 1.88. The van der Waals surface area contributed by atoms with Gasteiger partial charge in [0.2, 0.25) is 0 Å². The summed E-state index contributed by atoms with van der Waals surface area (Å²) in [6.45, 7) is 4.91. The van der Waals surface area contributed by atoms with Crippen LogP contribution in [0.3, 0.4) is 0 Å². The number of carbonyl (C=O) groups is 2. The molecule has 0 bridgehead atoms. The summed E-state index contributed by atoms with van der Waals surface area (Å²) in [6, 6.07) is 1.60. The summed E-state index contributed by atoms with van der Waals surface area (Å²) in [6.07, 6.45) is 3.30. The van der Waals surface area contributed by atoms with Crippen molar-refractivity contribution >= 4 is 12.0 Å². The van der Waals surface area contributed by atoms with Gasteiger partial charge >= 0.3 is 12.0 Å². The molecule has 7 heteroatoms. The Balaban J connectivity index is 2.19. The summed E-state index contributed by atoms with van der Waals surface area (Å²) in [5, 5.41) is 18.3. The maximum Gasteiger partial charge on any atom is 0.315 e. The number of nitrogens with zero attached hydrogens (tertiary/aromatic N) is 2. The predicted octanol–water partition coefficient (Wildman–Crippen LogP) is 1.50. The molecule has 0 fully saturated rings. The van der Waals surface area contributed by atoms with Gasteiger partial charge in [-0.2, -0.15) is 5.10 Å². The van der Waals surface area contributed by atoms with Crippen LogP contribution in [-0.2, 0) is 18.4 Å². The molecule has 0 aromatic carbocycles. The van der Waals surface area contributed by atoms with Crippen LogP contribution in [0.25, 0.3) is 0 Å². The lowest BCUT2D eigenvalue weighted by atomic mass is 9.84. The van der Waals surface area contributed by atoms with Gasteiger partial charge in [-0.25, -0.2) is 4.79 Å². The van der Waals surface area contributed by atoms with Gasteiger partial charge in [0.1, 0.15) is 0 Å². The van der Waals surface area contributed by atoms with Crippen molar-refractivity contribution in [1.82, 2.24) is 20.4 Å². The van der Waals surface area contributed by atoms with E-state index in [-0.39, 0.29) is 17.9 Å². The number of aromatic nitrogens is 2. The van der Waals surface area contributed by atoms with Crippen molar-refractivity contribution < 1.29 is 14.7 Å². The number of aryl methyl sites for hydroxylation is 1. The molecule has 1 aromatic heterocycles. The predicted molar refractivity (Wildman–Crippen MR) is 78.7 cm³/mol. The van der Waals surface area contributed by atoms with Crippen LogP contribution in [0.1, 0.15) is 38.8 Å². The lowest BCUT2D eigenvalue weighted by Crippen LogP contribution is -2.37. The molecular weight excluding hydrogens is 272 g/mol. The second kappa shape index (κ2) is 7.66. The summed E-state index contributed by atoms with van der Waals surface area (Å²) in [5.41, 5.74) is 0.696. The molecule has 118 valence electrons. The van der Waals surface area contributed by atoms with Crippen LogP contribution in [-0.4, -0.2) is 33.4 Å². The van der Waals surface area contributed by atoms with Crippen molar-refractivity contribution in [3.05, 3.63) is 18.0 Å². The van der Waals surface area contributed by atoms with E-state index in [0.717, 1.165) is 12.1 Å². The van der Waals surface area contributed by atoms with Gasteiger partial charge in [-0.1, -0.05) is 13.8 Å². The van der Waals surface area contributed by atoms with E-state index >= 15 is 0 Å². The van der Waals surface area contributed by atoms with Crippen LogP contribution in [0.2, 0.25) is 0 Å². The van der Waals surface area contributed by atoms with Crippen LogP contribution >= 0.6 is 0 Å². The Morgan fingerprint density at radius 1 is 1.33 bits per heavy atom. The van der Waals surface area contributed by atoms with Gasteiger partial charge in [-0.05, 0) is 24.3 Å². The minimum atomic E-state index is -0.788. The first kappa shape index (κ1) is 17.0. The number of carboxylic acid groups (broad SMARTS) is 1. The van der Waals surface area contributed by atoms with Crippen LogP contribution in [0.5, 0.6) is 0 Å². The van der Waals surface area contributed by atoms with Crippen molar-refractivity contribution in [3.8, 4) is 0 Å². The van der Waals surface area contributed by atoms with Crippen molar-refractivity contribution in [2.45, 2.75) is 39.7 Å². The van der Waals surface area contributed by atoms with E-state index in [1.807, 2.05) is 33.2 Å². The molecule has 3 N–H and O–H groups in total. The minimum absolute atomic E-state index is 0.105. The van der Waals surface area contributed by atoms with Gasteiger partial charge in [0.15, 0.2) is 0 Å². The third-order valence-corrected chi connectivity index (χ3v) is 3.30. The van der Waals surface area contributed by atoms with Crippen LogP contribution in [0.15, 0.2) is 12.3 Å². The highest BCUT2D eigenvalue weighted by molar-refractivity contribution is 5.73. The summed E-state index contributed by atoms with van der Waals surface area (Å²) in [4.78, 5) is 22.2. The Morgan fingerprint density at radius 3 is 2.62 bits per heavy atom. The first-order chi connectivity index (χ1) is 9.78. The van der Waals surface area contributed by atoms with Gasteiger partial charge in [0, 0.05) is 26.2 Å². The molecule has 1 heterocycles. The van der Waals surface area contributed by atoms with Crippen LogP contribution in [0, 0.1) is 5.41 Å². The van der Waals surface area contributed by atoms with E-state index in [1.54, 1.807) is 4.68 Å². The standard InChI is InChI=1S/C14H24N4O3/c1-14(2,6-4-12(19)20)7-8-15-13(21)16-10-11-5-9-18(3)17-11/h5,9H,4,6-8,10H2,1-3H3,(H,19,20)(H2,15,16,21). The van der Waals surface area contributed by atoms with Crippen molar-refractivity contribution in [3.63, 3.8) is 0 Å². The van der Waals surface area contributed by atoms with Crippen molar-refractivity contribution in [2.75, 3.05) is 6.54 Å². The number of aliphatic carboxylic acids is 1. The zero-order valence-electron chi connectivity index (χ0n) is 12.8. The highest BCUT2D eigenvalue weighted by Crippen LogP contribution is 2.25. The molecule has 0 saturated carbocycles. The number of hydrogen-bond acceptors (Lipinski definition) is 3. The smallest absolute Gasteiger partial charge is 0.315 e. The zero-order chi connectivity index (χ0) is 15.9. The monoisotopic (exact) mass is 296 g/mol. The lowest BCUT2D eigenvalue weighted by Gasteiger charge is -2.23. The largest absolute Gasteiger partial charge is 0.481 e. The molecule has 21 heavy (non-hydrogen) atoms. The quantitative estimate of drug-likeness (QED) is 0.677. The highest BCUT2D eigenvalue weighted by Gasteiger charge is 2.19. The van der Waals surface area contributed by atoms with Gasteiger partial charge in [-0.15, -0.1) is 0 Å². The summed E-state index contributed by atoms with van der Waals surface area (Å²) in [5.74, 6) is -0.788. The molecule has 0 aliphatic heterocycles. The van der Waals surface area contributed by atoms with Crippen molar-refractivity contribution in [2.24, 2.45) is 12.5 Å². The summed E-state index contributed by atoms with van der Waals surface area (Å²) in [7, 11) is 1.82. The average molecular weight is 296 g/mol. The van der Waals surface area contributed by atoms with Gasteiger partial charge < -0.3 is 15.7 Å². The van der Waals surface area contributed by atoms with E-state index < -0.39 is 5.97 Å². The van der Waals surface area contributed by atoms with E-state index in [0.29, 0.717) is 19.5 Å². The van der Waals surface area contributed by atoms with E-state index in [1.165, 1.54) is 0 Å². The molecule has 0 unspecified atom stereocenters. The fourth-order valence-corrected chi connectivity index (χ4v) is 1.88. The molecule has 0 saturated heterocycles. The summed E-state index contributed by atoms with van der Waals surface area (Å²) >= 11 is 0. The minimum Gasteiger partial charge on any atom is -0.481 e. The molecule has 7 nitrogen and oxygen atoms in total. The summed E-state index contributed by atoms with van der Waals surface area (Å²) < 4.78 is 1.68. The normalized spacial score (nSPS) is 11.2. The first-order valence-corrected chi connectivity index (χ1v) is 7.00. The first-order valence-electron chi connectivity index (χ1n) is 7.00. The molecule has 2 amide bonds. The topological polar surface area (TPSA) is 96.2 Å². The van der Waals surface area contributed by atoms with E-state index in [9.17, 15) is 9.59 Å². The number of carboxylic acids is 1. The van der Waals surface area contributed by atoms with Gasteiger partial charge in [0.05, 0.1) is 12.2 Å².